The predicted molar refractivity (Wildman–Crippen MR) is 148 cm³/mol. The van der Waals surface area contributed by atoms with Gasteiger partial charge in [0.25, 0.3) is 0 Å². The van der Waals surface area contributed by atoms with E-state index < -0.39 is 54.5 Å². The average molecular weight is 602 g/mol. The summed E-state index contributed by atoms with van der Waals surface area (Å²) in [6.07, 6.45) is -1.65. The zero-order chi connectivity index (χ0) is 27.1. The maximum atomic E-state index is 15.2. The van der Waals surface area contributed by atoms with Gasteiger partial charge in [0, 0.05) is 36.0 Å². The smallest absolute Gasteiger partial charge is 0.415 e. The van der Waals surface area contributed by atoms with E-state index in [1.807, 2.05) is 20.8 Å². The number of amidine groups is 1. The van der Waals surface area contributed by atoms with E-state index in [2.05, 4.69) is 47.4 Å². The van der Waals surface area contributed by atoms with Crippen molar-refractivity contribution in [1.82, 2.24) is 4.90 Å². The molecule has 1 unspecified atom stereocenters. The molecular weight excluding hydrogens is 566 g/mol. The van der Waals surface area contributed by atoms with Gasteiger partial charge in [0.05, 0.1) is 4.75 Å². The Bertz CT molecular complexity index is 1110. The lowest BCUT2D eigenvalue weighted by atomic mass is 9.85. The standard InChI is InChI=1S/C26H35BrF2N2O3SSi/c1-8-11-25-15-20(25)26(16-28,18-14-17(27)9-10-19(18)29)30-22(35-25)31(23(32)33)21(24(2,3)4)34-12-13-36(5,6)7/h9-10,14,20-21H,12-13,15-16H2,1-7H3,(H,32,33)/t20-,21?,25+,26-/m1/s1. The minimum Gasteiger partial charge on any atom is -0.465 e. The second-order valence-corrected chi connectivity index (χ2v) is 19.6. The molecule has 2 aliphatic rings. The van der Waals surface area contributed by atoms with Crippen LogP contribution in [-0.4, -0.2) is 53.6 Å². The summed E-state index contributed by atoms with van der Waals surface area (Å²) in [6.45, 7) is 13.5. The van der Waals surface area contributed by atoms with E-state index >= 15 is 8.78 Å². The molecule has 1 aromatic carbocycles. The van der Waals surface area contributed by atoms with Crippen molar-refractivity contribution in [1.29, 1.82) is 0 Å². The summed E-state index contributed by atoms with van der Waals surface area (Å²) in [5, 5.41) is 10.5. The Morgan fingerprint density at radius 3 is 2.61 bits per heavy atom. The summed E-state index contributed by atoms with van der Waals surface area (Å²) in [5.41, 5.74) is -2.10. The van der Waals surface area contributed by atoms with Crippen LogP contribution >= 0.6 is 27.7 Å². The van der Waals surface area contributed by atoms with E-state index in [0.29, 0.717) is 17.5 Å². The Hall–Kier alpha value is -1.41. The van der Waals surface area contributed by atoms with Crippen LogP contribution in [0.25, 0.3) is 0 Å². The highest BCUT2D eigenvalue weighted by Crippen LogP contribution is 2.66. The number of alkyl halides is 1. The quantitative estimate of drug-likeness (QED) is 0.202. The number of fused-ring (bicyclic) bond motifs is 1. The summed E-state index contributed by atoms with van der Waals surface area (Å²) in [7, 11) is -1.44. The molecule has 1 aromatic rings. The van der Waals surface area contributed by atoms with E-state index in [-0.39, 0.29) is 10.7 Å². The lowest BCUT2D eigenvalue weighted by Gasteiger charge is -2.42. The number of nitrogens with zero attached hydrogens (tertiary/aromatic N) is 2. The Balaban J connectivity index is 2.17. The molecule has 5 nitrogen and oxygen atoms in total. The van der Waals surface area contributed by atoms with Crippen LogP contribution in [0.2, 0.25) is 25.7 Å². The molecule has 1 saturated carbocycles. The van der Waals surface area contributed by atoms with Crippen LogP contribution in [0.15, 0.2) is 27.7 Å². The van der Waals surface area contributed by atoms with Crippen molar-refractivity contribution < 1.29 is 23.4 Å². The summed E-state index contributed by atoms with van der Waals surface area (Å²) >= 11 is 4.59. The average Bonchev–Trinajstić information content (AvgIpc) is 3.47. The topological polar surface area (TPSA) is 62.1 Å². The molecule has 1 heterocycles. The number of thioether (sulfide) groups is 1. The van der Waals surface area contributed by atoms with Crippen molar-refractivity contribution in [3.8, 4) is 11.8 Å². The van der Waals surface area contributed by atoms with Gasteiger partial charge in [0.15, 0.2) is 5.17 Å². The van der Waals surface area contributed by atoms with Gasteiger partial charge in [0.1, 0.15) is 24.3 Å². The molecule has 1 aliphatic heterocycles. The fourth-order valence-electron chi connectivity index (χ4n) is 4.57. The van der Waals surface area contributed by atoms with Gasteiger partial charge in [-0.25, -0.2) is 23.5 Å². The molecule has 198 valence electrons. The molecule has 3 rings (SSSR count). The van der Waals surface area contributed by atoms with E-state index in [4.69, 9.17) is 9.73 Å². The van der Waals surface area contributed by atoms with Gasteiger partial charge >= 0.3 is 6.09 Å². The molecule has 0 spiro atoms. The fraction of sp³-hybridized carbons (Fsp3) is 0.615. The zero-order valence-corrected chi connectivity index (χ0v) is 25.3. The van der Waals surface area contributed by atoms with Crippen molar-refractivity contribution in [3.63, 3.8) is 0 Å². The minimum absolute atomic E-state index is 0.0870. The van der Waals surface area contributed by atoms with Crippen LogP contribution in [0.1, 0.15) is 39.7 Å². The molecule has 1 N–H and O–H groups in total. The number of rotatable bonds is 7. The molecule has 4 atom stereocenters. The minimum atomic E-state index is -1.59. The number of hydrogen-bond donors (Lipinski definition) is 1. The van der Waals surface area contributed by atoms with Gasteiger partial charge in [0.2, 0.25) is 0 Å². The Morgan fingerprint density at radius 1 is 1.42 bits per heavy atom. The second kappa shape index (κ2) is 10.4. The maximum absolute atomic E-state index is 15.2. The number of benzene rings is 1. The lowest BCUT2D eigenvalue weighted by molar-refractivity contribution is -0.0761. The molecule has 1 aliphatic carbocycles. The normalized spacial score (nSPS) is 26.3. The SMILES string of the molecule is CC#C[C@]12C[C@H]1[C@@](CF)(c1cc(Br)ccc1F)N=C(N(C(=O)O)C(OCC[Si](C)(C)C)C(C)(C)C)S2. The van der Waals surface area contributed by atoms with Gasteiger partial charge in [-0.15, -0.1) is 5.92 Å². The van der Waals surface area contributed by atoms with Crippen LogP contribution in [0.3, 0.4) is 0 Å². The highest BCUT2D eigenvalue weighted by atomic mass is 79.9. The Morgan fingerprint density at radius 2 is 2.08 bits per heavy atom. The molecule has 0 aromatic heterocycles. The maximum Gasteiger partial charge on any atom is 0.415 e. The summed E-state index contributed by atoms with van der Waals surface area (Å²) in [6, 6.07) is 5.21. The van der Waals surface area contributed by atoms with Crippen LogP contribution in [-0.2, 0) is 10.3 Å². The number of ether oxygens (including phenoxy) is 1. The first-order chi connectivity index (χ1) is 16.6. The van der Waals surface area contributed by atoms with Crippen molar-refractivity contribution in [2.24, 2.45) is 16.3 Å². The summed E-state index contributed by atoms with van der Waals surface area (Å²) in [5.74, 6) is 5.10. The fourth-order valence-corrected chi connectivity index (χ4v) is 7.21. The monoisotopic (exact) mass is 600 g/mol. The number of halogens is 3. The molecule has 10 heteroatoms. The van der Waals surface area contributed by atoms with Crippen molar-refractivity contribution >= 4 is 47.0 Å². The molecule has 1 amide bonds. The third-order valence-electron chi connectivity index (χ3n) is 6.51. The van der Waals surface area contributed by atoms with Crippen molar-refractivity contribution in [3.05, 3.63) is 34.1 Å². The van der Waals surface area contributed by atoms with Crippen LogP contribution in [0.5, 0.6) is 0 Å². The summed E-state index contributed by atoms with van der Waals surface area (Å²) in [4.78, 5) is 18.6. The van der Waals surface area contributed by atoms with E-state index in [1.165, 1.54) is 23.9 Å². The van der Waals surface area contributed by atoms with E-state index in [0.717, 1.165) is 10.9 Å². The van der Waals surface area contributed by atoms with Crippen molar-refractivity contribution in [2.45, 2.75) is 76.3 Å². The molecule has 0 bridgehead atoms. The third kappa shape index (κ3) is 5.84. The number of carboxylic acid groups (broad SMARTS) is 1. The zero-order valence-electron chi connectivity index (χ0n) is 21.9. The van der Waals surface area contributed by atoms with Gasteiger partial charge < -0.3 is 9.84 Å². The first-order valence-electron chi connectivity index (χ1n) is 12.0. The van der Waals surface area contributed by atoms with Crippen LogP contribution < -0.4 is 0 Å². The van der Waals surface area contributed by atoms with Crippen LogP contribution in [0.4, 0.5) is 13.6 Å². The second-order valence-electron chi connectivity index (χ2n) is 11.8. The van der Waals surface area contributed by atoms with E-state index in [9.17, 15) is 9.90 Å². The highest BCUT2D eigenvalue weighted by molar-refractivity contribution is 9.10. The van der Waals surface area contributed by atoms with Gasteiger partial charge in [-0.1, -0.05) is 74.0 Å². The van der Waals surface area contributed by atoms with Crippen LogP contribution in [0, 0.1) is 29.0 Å². The number of aliphatic imine (C=N–C) groups is 1. The molecular formula is C26H35BrF2N2O3SSi. The number of amides is 1. The van der Waals surface area contributed by atoms with E-state index in [1.54, 1.807) is 13.0 Å². The first kappa shape index (κ1) is 29.1. The molecule has 0 radical (unpaired) electrons. The lowest BCUT2D eigenvalue weighted by Crippen LogP contribution is -2.53. The Labute approximate surface area is 226 Å². The first-order valence-corrected chi connectivity index (χ1v) is 17.3. The number of hydrogen-bond acceptors (Lipinski definition) is 4. The summed E-state index contributed by atoms with van der Waals surface area (Å²) < 4.78 is 36.3. The predicted octanol–water partition coefficient (Wildman–Crippen LogP) is 7.34. The van der Waals surface area contributed by atoms with Crippen molar-refractivity contribution in [2.75, 3.05) is 13.3 Å². The molecule has 1 fully saturated rings. The van der Waals surface area contributed by atoms with Gasteiger partial charge in [-0.3, -0.25) is 0 Å². The largest absolute Gasteiger partial charge is 0.465 e. The third-order valence-corrected chi connectivity index (χ3v) is 10.1. The van der Waals surface area contributed by atoms with Gasteiger partial charge in [-0.2, -0.15) is 0 Å². The molecule has 36 heavy (non-hydrogen) atoms. The van der Waals surface area contributed by atoms with Gasteiger partial charge in [-0.05, 0) is 37.6 Å². The molecule has 0 saturated heterocycles. The Kier molecular flexibility index (Phi) is 8.41. The highest BCUT2D eigenvalue weighted by Gasteiger charge is 2.69. The number of carbonyl (C=O) groups is 1.